The van der Waals surface area contributed by atoms with Gasteiger partial charge in [0.15, 0.2) is 0 Å². The molecular formula is C18H17NO2. The average Bonchev–Trinajstić information content (AvgIpc) is 3.09. The predicted molar refractivity (Wildman–Crippen MR) is 82.4 cm³/mol. The van der Waals surface area contributed by atoms with Crippen molar-refractivity contribution in [3.8, 4) is 11.1 Å². The third kappa shape index (κ3) is 2.87. The van der Waals surface area contributed by atoms with E-state index < -0.39 is 0 Å². The summed E-state index contributed by atoms with van der Waals surface area (Å²) in [6, 6.07) is 15.1. The fraction of sp³-hybridized carbons (Fsp3) is 0.222. The van der Waals surface area contributed by atoms with Crippen LogP contribution in [-0.2, 0) is 0 Å². The normalized spacial score (nSPS) is 14.2. The highest BCUT2D eigenvalue weighted by atomic mass is 16.2. The second kappa shape index (κ2) is 5.92. The molecule has 0 spiro atoms. The van der Waals surface area contributed by atoms with Crippen LogP contribution in [0.4, 0.5) is 0 Å². The lowest BCUT2D eigenvalue weighted by Gasteiger charge is -2.15. The molecule has 1 aliphatic heterocycles. The molecule has 3 nitrogen and oxygen atoms in total. The monoisotopic (exact) mass is 279 g/mol. The van der Waals surface area contributed by atoms with Gasteiger partial charge in [-0.15, -0.1) is 0 Å². The lowest BCUT2D eigenvalue weighted by molar-refractivity contribution is 0.0792. The highest BCUT2D eigenvalue weighted by Crippen LogP contribution is 2.21. The van der Waals surface area contributed by atoms with Gasteiger partial charge in [-0.25, -0.2) is 0 Å². The largest absolute Gasteiger partial charge is 0.339 e. The summed E-state index contributed by atoms with van der Waals surface area (Å²) in [6.07, 6.45) is 3.04. The summed E-state index contributed by atoms with van der Waals surface area (Å²) < 4.78 is 0. The Bertz CT molecular complexity index is 638. The minimum atomic E-state index is 0.121. The van der Waals surface area contributed by atoms with Crippen molar-refractivity contribution in [2.75, 3.05) is 13.1 Å². The van der Waals surface area contributed by atoms with E-state index in [1.165, 1.54) is 0 Å². The minimum absolute atomic E-state index is 0.121. The molecule has 1 heterocycles. The van der Waals surface area contributed by atoms with Gasteiger partial charge in [0.2, 0.25) is 0 Å². The number of amides is 1. The summed E-state index contributed by atoms with van der Waals surface area (Å²) in [5.74, 6) is 0.121. The molecule has 0 radical (unpaired) electrons. The van der Waals surface area contributed by atoms with Gasteiger partial charge in [0, 0.05) is 24.2 Å². The standard InChI is InChI=1S/C18H17NO2/c20-13-14-3-5-15(6-4-14)16-7-9-17(10-8-16)18(21)19-11-1-2-12-19/h3-10,13H,1-2,11-12H2. The number of hydrogen-bond donors (Lipinski definition) is 0. The summed E-state index contributed by atoms with van der Waals surface area (Å²) >= 11 is 0. The fourth-order valence-corrected chi connectivity index (χ4v) is 2.66. The van der Waals surface area contributed by atoms with Crippen molar-refractivity contribution in [2.45, 2.75) is 12.8 Å². The molecule has 106 valence electrons. The molecule has 0 aliphatic carbocycles. The van der Waals surface area contributed by atoms with Crippen LogP contribution < -0.4 is 0 Å². The average molecular weight is 279 g/mol. The Hall–Kier alpha value is -2.42. The molecular weight excluding hydrogens is 262 g/mol. The molecule has 1 aliphatic rings. The zero-order chi connectivity index (χ0) is 14.7. The molecule has 2 aromatic carbocycles. The van der Waals surface area contributed by atoms with Crippen molar-refractivity contribution in [3.05, 3.63) is 59.7 Å². The smallest absolute Gasteiger partial charge is 0.253 e. The Morgan fingerprint density at radius 2 is 1.38 bits per heavy atom. The number of aldehydes is 1. The van der Waals surface area contributed by atoms with Gasteiger partial charge in [0.1, 0.15) is 6.29 Å². The van der Waals surface area contributed by atoms with Crippen LogP contribution in [0.2, 0.25) is 0 Å². The molecule has 0 unspecified atom stereocenters. The summed E-state index contributed by atoms with van der Waals surface area (Å²) in [5, 5.41) is 0. The van der Waals surface area contributed by atoms with Gasteiger partial charge in [-0.1, -0.05) is 36.4 Å². The van der Waals surface area contributed by atoms with Crippen LogP contribution in [0.1, 0.15) is 33.6 Å². The molecule has 21 heavy (non-hydrogen) atoms. The van der Waals surface area contributed by atoms with Gasteiger partial charge in [0.05, 0.1) is 0 Å². The van der Waals surface area contributed by atoms with Crippen molar-refractivity contribution in [3.63, 3.8) is 0 Å². The van der Waals surface area contributed by atoms with Gasteiger partial charge < -0.3 is 4.90 Å². The number of carbonyl (C=O) groups excluding carboxylic acids is 2. The lowest BCUT2D eigenvalue weighted by Crippen LogP contribution is -2.27. The Morgan fingerprint density at radius 1 is 0.857 bits per heavy atom. The minimum Gasteiger partial charge on any atom is -0.339 e. The van der Waals surface area contributed by atoms with Crippen LogP contribution in [0.25, 0.3) is 11.1 Å². The van der Waals surface area contributed by atoms with E-state index in [4.69, 9.17) is 0 Å². The quantitative estimate of drug-likeness (QED) is 0.807. The summed E-state index contributed by atoms with van der Waals surface area (Å²) in [7, 11) is 0. The fourth-order valence-electron chi connectivity index (χ4n) is 2.66. The van der Waals surface area contributed by atoms with E-state index in [9.17, 15) is 9.59 Å². The van der Waals surface area contributed by atoms with Crippen molar-refractivity contribution >= 4 is 12.2 Å². The Kier molecular flexibility index (Phi) is 3.82. The van der Waals surface area contributed by atoms with E-state index in [1.54, 1.807) is 12.1 Å². The van der Waals surface area contributed by atoms with Gasteiger partial charge in [-0.3, -0.25) is 9.59 Å². The van der Waals surface area contributed by atoms with E-state index in [0.717, 1.165) is 48.9 Å². The molecule has 3 rings (SSSR count). The number of hydrogen-bond acceptors (Lipinski definition) is 2. The molecule has 0 N–H and O–H groups in total. The molecule has 2 aromatic rings. The number of benzene rings is 2. The maximum atomic E-state index is 12.3. The Morgan fingerprint density at radius 3 is 1.90 bits per heavy atom. The first kappa shape index (κ1) is 13.6. The Balaban J connectivity index is 1.79. The van der Waals surface area contributed by atoms with Crippen LogP contribution in [0.5, 0.6) is 0 Å². The van der Waals surface area contributed by atoms with Crippen LogP contribution >= 0.6 is 0 Å². The highest BCUT2D eigenvalue weighted by molar-refractivity contribution is 5.94. The molecule has 3 heteroatoms. The van der Waals surface area contributed by atoms with Crippen molar-refractivity contribution < 1.29 is 9.59 Å². The van der Waals surface area contributed by atoms with Gasteiger partial charge >= 0.3 is 0 Å². The third-order valence-electron chi connectivity index (χ3n) is 3.91. The number of rotatable bonds is 3. The van der Waals surface area contributed by atoms with Gasteiger partial charge in [-0.05, 0) is 36.1 Å². The summed E-state index contributed by atoms with van der Waals surface area (Å²) in [6.45, 7) is 1.74. The number of nitrogens with zero attached hydrogens (tertiary/aromatic N) is 1. The lowest BCUT2D eigenvalue weighted by atomic mass is 10.0. The first-order valence-electron chi connectivity index (χ1n) is 7.23. The second-order valence-corrected chi connectivity index (χ2v) is 5.32. The molecule has 0 saturated carbocycles. The van der Waals surface area contributed by atoms with Gasteiger partial charge in [-0.2, -0.15) is 0 Å². The molecule has 1 saturated heterocycles. The molecule has 1 fully saturated rings. The number of likely N-dealkylation sites (tertiary alicyclic amines) is 1. The maximum absolute atomic E-state index is 12.3. The zero-order valence-corrected chi connectivity index (χ0v) is 11.8. The van der Waals surface area contributed by atoms with E-state index in [1.807, 2.05) is 41.3 Å². The SMILES string of the molecule is O=Cc1ccc(-c2ccc(C(=O)N3CCCC3)cc2)cc1. The number of carbonyl (C=O) groups is 2. The third-order valence-corrected chi connectivity index (χ3v) is 3.91. The zero-order valence-electron chi connectivity index (χ0n) is 11.8. The second-order valence-electron chi connectivity index (χ2n) is 5.32. The van der Waals surface area contributed by atoms with E-state index >= 15 is 0 Å². The predicted octanol–water partition coefficient (Wildman–Crippen LogP) is 3.40. The topological polar surface area (TPSA) is 37.4 Å². The van der Waals surface area contributed by atoms with E-state index in [0.29, 0.717) is 5.56 Å². The molecule has 0 aromatic heterocycles. The summed E-state index contributed by atoms with van der Waals surface area (Å²) in [5.41, 5.74) is 3.50. The van der Waals surface area contributed by atoms with E-state index in [2.05, 4.69) is 0 Å². The van der Waals surface area contributed by atoms with Crippen LogP contribution in [0.15, 0.2) is 48.5 Å². The molecule has 0 atom stereocenters. The maximum Gasteiger partial charge on any atom is 0.253 e. The van der Waals surface area contributed by atoms with Crippen molar-refractivity contribution in [1.82, 2.24) is 4.90 Å². The van der Waals surface area contributed by atoms with Crippen LogP contribution in [0, 0.1) is 0 Å². The van der Waals surface area contributed by atoms with Crippen molar-refractivity contribution in [2.24, 2.45) is 0 Å². The first-order valence-corrected chi connectivity index (χ1v) is 7.23. The van der Waals surface area contributed by atoms with Crippen molar-refractivity contribution in [1.29, 1.82) is 0 Å². The van der Waals surface area contributed by atoms with Gasteiger partial charge in [0.25, 0.3) is 5.91 Å². The molecule has 0 bridgehead atoms. The Labute approximate surface area is 124 Å². The summed E-state index contributed by atoms with van der Waals surface area (Å²) in [4.78, 5) is 24.8. The van der Waals surface area contributed by atoms with Crippen LogP contribution in [0.3, 0.4) is 0 Å². The van der Waals surface area contributed by atoms with E-state index in [-0.39, 0.29) is 5.91 Å². The highest BCUT2D eigenvalue weighted by Gasteiger charge is 2.19. The molecule has 1 amide bonds. The first-order chi connectivity index (χ1) is 10.3. The van der Waals surface area contributed by atoms with Crippen LogP contribution in [-0.4, -0.2) is 30.2 Å².